The third-order valence-electron chi connectivity index (χ3n) is 5.57. The first-order chi connectivity index (χ1) is 13.3. The van der Waals surface area contributed by atoms with E-state index in [1.54, 1.807) is 0 Å². The number of fused-ring (bicyclic) bond motifs is 2. The van der Waals surface area contributed by atoms with Gasteiger partial charge in [-0.05, 0) is 49.4 Å². The van der Waals surface area contributed by atoms with Crippen LogP contribution in [-0.2, 0) is 9.57 Å². The molecule has 142 valence electrons. The zero-order chi connectivity index (χ0) is 18.2. The summed E-state index contributed by atoms with van der Waals surface area (Å²) >= 11 is 0. The fraction of sp³-hybridized carbons (Fsp3) is 0.526. The van der Waals surface area contributed by atoms with E-state index in [0.29, 0.717) is 42.9 Å². The molecule has 8 heteroatoms. The van der Waals surface area contributed by atoms with Crippen LogP contribution in [0.5, 0.6) is 0 Å². The van der Waals surface area contributed by atoms with Crippen molar-refractivity contribution >= 4 is 17.6 Å². The van der Waals surface area contributed by atoms with E-state index in [0.717, 1.165) is 43.8 Å². The molecule has 2 aliphatic heterocycles. The van der Waals surface area contributed by atoms with E-state index in [4.69, 9.17) is 30.3 Å². The lowest BCUT2D eigenvalue weighted by atomic mass is 10.1. The van der Waals surface area contributed by atoms with Crippen LogP contribution in [0, 0.1) is 5.92 Å². The van der Waals surface area contributed by atoms with Crippen LogP contribution in [0.3, 0.4) is 0 Å². The second-order valence-electron chi connectivity index (χ2n) is 7.43. The van der Waals surface area contributed by atoms with Crippen molar-refractivity contribution in [2.24, 2.45) is 5.92 Å². The number of ether oxygens (including phenoxy) is 1. The first-order valence-electron chi connectivity index (χ1n) is 9.63. The number of nitrogen functional groups attached to an aromatic ring is 1. The third kappa shape index (κ3) is 3.30. The van der Waals surface area contributed by atoms with E-state index < -0.39 is 0 Å². The van der Waals surface area contributed by atoms with Crippen LogP contribution in [0.1, 0.15) is 19.3 Å². The van der Waals surface area contributed by atoms with Gasteiger partial charge in [-0.15, -0.1) is 0 Å². The van der Waals surface area contributed by atoms with E-state index in [1.165, 1.54) is 6.42 Å². The quantitative estimate of drug-likeness (QED) is 0.822. The highest BCUT2D eigenvalue weighted by atomic mass is 16.7. The highest BCUT2D eigenvalue weighted by Gasteiger charge is 2.37. The fourth-order valence-corrected chi connectivity index (χ4v) is 4.04. The molecule has 3 aliphatic rings. The summed E-state index contributed by atoms with van der Waals surface area (Å²) in [5.74, 6) is 2.59. The molecule has 3 heterocycles. The lowest BCUT2D eigenvalue weighted by molar-refractivity contribution is 0.0355. The Morgan fingerprint density at radius 1 is 0.963 bits per heavy atom. The van der Waals surface area contributed by atoms with Gasteiger partial charge in [-0.1, -0.05) is 0 Å². The molecule has 0 radical (unpaired) electrons. The standard InChI is InChI=1S/C19H24N6O2/c20-15-4-2-14(3-5-15)17-21-18(24-7-9-26-10-8-24)23-19(22-17)25-16-6-1-13(11-16)12-27-25/h2-5,13,16H,1,6-12,20H2. The Hall–Kier alpha value is -2.45. The van der Waals surface area contributed by atoms with Gasteiger partial charge in [-0.2, -0.15) is 15.0 Å². The summed E-state index contributed by atoms with van der Waals surface area (Å²) in [4.78, 5) is 22.4. The highest BCUT2D eigenvalue weighted by Crippen LogP contribution is 2.36. The maximum atomic E-state index is 6.02. The minimum absolute atomic E-state index is 0.350. The molecule has 3 fully saturated rings. The number of hydroxylamine groups is 1. The zero-order valence-corrected chi connectivity index (χ0v) is 15.3. The molecule has 2 N–H and O–H groups in total. The van der Waals surface area contributed by atoms with Crippen molar-refractivity contribution in [3.8, 4) is 11.4 Å². The van der Waals surface area contributed by atoms with Crippen molar-refractivity contribution in [1.82, 2.24) is 15.0 Å². The predicted octanol–water partition coefficient (Wildman–Crippen LogP) is 1.88. The Morgan fingerprint density at radius 2 is 1.74 bits per heavy atom. The van der Waals surface area contributed by atoms with Gasteiger partial charge >= 0.3 is 0 Å². The summed E-state index contributed by atoms with van der Waals surface area (Å²) in [5, 5.41) is 1.91. The van der Waals surface area contributed by atoms with Gasteiger partial charge in [0.15, 0.2) is 5.82 Å². The number of anilines is 3. The monoisotopic (exact) mass is 368 g/mol. The lowest BCUT2D eigenvalue weighted by Crippen LogP contribution is -2.41. The summed E-state index contributed by atoms with van der Waals surface area (Å²) in [6.07, 6.45) is 3.49. The first kappa shape index (κ1) is 16.7. The average Bonchev–Trinajstić information content (AvgIpc) is 3.09. The minimum Gasteiger partial charge on any atom is -0.399 e. The van der Waals surface area contributed by atoms with Crippen LogP contribution < -0.4 is 15.7 Å². The van der Waals surface area contributed by atoms with Gasteiger partial charge in [0, 0.05) is 24.3 Å². The maximum Gasteiger partial charge on any atom is 0.255 e. The summed E-state index contributed by atoms with van der Waals surface area (Å²) < 4.78 is 5.47. The smallest absolute Gasteiger partial charge is 0.255 e. The van der Waals surface area contributed by atoms with E-state index >= 15 is 0 Å². The molecule has 0 amide bonds. The number of hydrogen-bond donors (Lipinski definition) is 1. The van der Waals surface area contributed by atoms with Crippen molar-refractivity contribution in [1.29, 1.82) is 0 Å². The molecule has 5 rings (SSSR count). The molecule has 0 spiro atoms. The summed E-state index contributed by atoms with van der Waals surface area (Å²) in [6.45, 7) is 3.66. The van der Waals surface area contributed by atoms with Gasteiger partial charge in [-0.3, -0.25) is 4.84 Å². The Balaban J connectivity index is 1.54. The van der Waals surface area contributed by atoms with E-state index in [-0.39, 0.29) is 0 Å². The lowest BCUT2D eigenvalue weighted by Gasteiger charge is -2.33. The molecule has 1 aromatic heterocycles. The third-order valence-corrected chi connectivity index (χ3v) is 5.57. The molecule has 27 heavy (non-hydrogen) atoms. The number of hydrogen-bond acceptors (Lipinski definition) is 8. The molecule has 1 saturated carbocycles. The molecule has 1 aromatic carbocycles. The Kier molecular flexibility index (Phi) is 4.29. The number of aromatic nitrogens is 3. The number of morpholine rings is 1. The summed E-state index contributed by atoms with van der Waals surface area (Å²) in [6, 6.07) is 7.97. The zero-order valence-electron chi connectivity index (χ0n) is 15.3. The number of rotatable bonds is 3. The van der Waals surface area contributed by atoms with E-state index in [2.05, 4.69) is 4.90 Å². The number of benzene rings is 1. The topological polar surface area (TPSA) is 89.6 Å². The van der Waals surface area contributed by atoms with Crippen molar-refractivity contribution in [2.45, 2.75) is 25.3 Å². The van der Waals surface area contributed by atoms with Crippen LogP contribution in [0.15, 0.2) is 24.3 Å². The molecular weight excluding hydrogens is 344 g/mol. The van der Waals surface area contributed by atoms with Crippen molar-refractivity contribution in [3.63, 3.8) is 0 Å². The van der Waals surface area contributed by atoms with Crippen LogP contribution in [0.25, 0.3) is 11.4 Å². The molecule has 2 bridgehead atoms. The van der Waals surface area contributed by atoms with Crippen molar-refractivity contribution < 1.29 is 9.57 Å². The largest absolute Gasteiger partial charge is 0.399 e. The molecule has 2 aromatic rings. The number of nitrogens with two attached hydrogens (primary N) is 1. The molecule has 2 unspecified atom stereocenters. The Morgan fingerprint density at radius 3 is 2.56 bits per heavy atom. The van der Waals surface area contributed by atoms with Gasteiger partial charge in [-0.25, -0.2) is 5.06 Å². The van der Waals surface area contributed by atoms with Crippen LogP contribution in [0.4, 0.5) is 17.6 Å². The first-order valence-corrected chi connectivity index (χ1v) is 9.63. The van der Waals surface area contributed by atoms with Crippen LogP contribution >= 0.6 is 0 Å². The second kappa shape index (κ2) is 6.94. The fourth-order valence-electron chi connectivity index (χ4n) is 4.04. The van der Waals surface area contributed by atoms with Gasteiger partial charge in [0.05, 0.1) is 25.9 Å². The van der Waals surface area contributed by atoms with Gasteiger partial charge in [0.25, 0.3) is 5.95 Å². The molecule has 2 saturated heterocycles. The van der Waals surface area contributed by atoms with Gasteiger partial charge < -0.3 is 15.4 Å². The van der Waals surface area contributed by atoms with Gasteiger partial charge in [0.2, 0.25) is 5.95 Å². The molecule has 2 atom stereocenters. The molecule has 1 aliphatic carbocycles. The van der Waals surface area contributed by atoms with Crippen LogP contribution in [0.2, 0.25) is 0 Å². The number of nitrogens with zero attached hydrogens (tertiary/aromatic N) is 5. The average molecular weight is 368 g/mol. The predicted molar refractivity (Wildman–Crippen MR) is 102 cm³/mol. The second-order valence-corrected chi connectivity index (χ2v) is 7.43. The normalized spacial score (nSPS) is 25.0. The van der Waals surface area contributed by atoms with Crippen LogP contribution in [-0.4, -0.2) is 53.9 Å². The molecular formula is C19H24N6O2. The summed E-state index contributed by atoms with van der Waals surface area (Å²) in [7, 11) is 0. The maximum absolute atomic E-state index is 6.02. The molecule has 8 nitrogen and oxygen atoms in total. The van der Waals surface area contributed by atoms with Gasteiger partial charge in [0.1, 0.15) is 0 Å². The van der Waals surface area contributed by atoms with Crippen molar-refractivity contribution in [2.75, 3.05) is 48.6 Å². The Bertz CT molecular complexity index is 808. The van der Waals surface area contributed by atoms with E-state index in [1.807, 2.05) is 29.3 Å². The SMILES string of the molecule is Nc1ccc(-c2nc(N3CCOCC3)nc(N3OCC4CCC3C4)n2)cc1. The summed E-state index contributed by atoms with van der Waals surface area (Å²) in [5.41, 5.74) is 7.48. The highest BCUT2D eigenvalue weighted by molar-refractivity contribution is 5.61. The van der Waals surface area contributed by atoms with Crippen molar-refractivity contribution in [3.05, 3.63) is 24.3 Å². The minimum atomic E-state index is 0.350. The Labute approximate surface area is 158 Å². The van der Waals surface area contributed by atoms with E-state index in [9.17, 15) is 0 Å².